The Bertz CT molecular complexity index is 1170. The van der Waals surface area contributed by atoms with E-state index in [0.717, 1.165) is 10.9 Å². The Hall–Kier alpha value is -3.04. The third kappa shape index (κ3) is 1.29. The van der Waals surface area contributed by atoms with Gasteiger partial charge in [-0.15, -0.1) is 11.6 Å². The summed E-state index contributed by atoms with van der Waals surface area (Å²) in [7, 11) is 0. The molecule has 0 aliphatic rings. The molecule has 0 unspecified atom stereocenters. The lowest BCUT2D eigenvalue weighted by atomic mass is 9.88. The molecule has 5 aromatic carbocycles. The van der Waals surface area contributed by atoms with E-state index in [1.54, 1.807) is 0 Å². The van der Waals surface area contributed by atoms with E-state index in [9.17, 15) is 0 Å². The molecule has 5 aromatic rings. The molecule has 5 rings (SSSR count). The first-order valence-electron chi connectivity index (χ1n) is 7.39. The van der Waals surface area contributed by atoms with Gasteiger partial charge in [0, 0.05) is 0 Å². The molecule has 0 fully saturated rings. The summed E-state index contributed by atoms with van der Waals surface area (Å²) in [5.74, 6) is 2.57. The van der Waals surface area contributed by atoms with Crippen LogP contribution in [-0.2, 0) is 0 Å². The summed E-state index contributed by atoms with van der Waals surface area (Å²) in [5.41, 5.74) is 0.854. The van der Waals surface area contributed by atoms with Gasteiger partial charge in [-0.1, -0.05) is 66.0 Å². The molecule has 0 spiro atoms. The molecule has 0 saturated heterocycles. The van der Waals surface area contributed by atoms with Gasteiger partial charge in [-0.05, 0) is 37.7 Å². The maximum absolute atomic E-state index is 7.55. The van der Waals surface area contributed by atoms with Gasteiger partial charge in [0.2, 0.25) is 0 Å². The second kappa shape index (κ2) is 4.00. The fourth-order valence-electron chi connectivity index (χ4n) is 3.75. The van der Waals surface area contributed by atoms with Gasteiger partial charge in [0.25, 0.3) is 0 Å². The minimum absolute atomic E-state index is 0.854. The predicted molar refractivity (Wildman–Crippen MR) is 93.9 cm³/mol. The molecule has 0 aliphatic carbocycles. The van der Waals surface area contributed by atoms with Crippen LogP contribution in [0.4, 0.5) is 0 Å². The third-order valence-electron chi connectivity index (χ3n) is 4.66. The van der Waals surface area contributed by atoms with Crippen molar-refractivity contribution in [2.24, 2.45) is 0 Å². The van der Waals surface area contributed by atoms with Crippen LogP contribution in [-0.4, -0.2) is 0 Å². The van der Waals surface area contributed by atoms with Crippen LogP contribution in [0.15, 0.2) is 66.7 Å². The average Bonchev–Trinajstić information content (AvgIpc) is 2.59. The Morgan fingerprint density at radius 1 is 0.545 bits per heavy atom. The Balaban J connectivity index is 2.26. The summed E-state index contributed by atoms with van der Waals surface area (Å²) in [5, 5.41) is 10.0. The van der Waals surface area contributed by atoms with Crippen molar-refractivity contribution in [3.8, 4) is 5.92 Å². The van der Waals surface area contributed by atoms with Crippen LogP contribution in [0.5, 0.6) is 0 Å². The van der Waals surface area contributed by atoms with Crippen LogP contribution in [0.2, 0.25) is 0 Å². The number of hydrogen-bond acceptors (Lipinski definition) is 0. The second-order valence-electron chi connectivity index (χ2n) is 5.72. The number of fused-ring (bicyclic) bond motifs is 2. The first-order valence-corrected chi connectivity index (χ1v) is 7.39. The van der Waals surface area contributed by atoms with Crippen LogP contribution in [0.1, 0.15) is 5.56 Å². The van der Waals surface area contributed by atoms with Gasteiger partial charge >= 0.3 is 0 Å². The van der Waals surface area contributed by atoms with Crippen LogP contribution in [0.3, 0.4) is 0 Å². The molecule has 100 valence electrons. The van der Waals surface area contributed by atoms with Crippen LogP contribution < -0.4 is 0 Å². The monoisotopic (exact) mass is 275 g/mol. The van der Waals surface area contributed by atoms with E-state index in [4.69, 9.17) is 6.42 Å². The van der Waals surface area contributed by atoms with Gasteiger partial charge in [-0.25, -0.2) is 0 Å². The summed E-state index contributed by atoms with van der Waals surface area (Å²) in [6, 6.07) is 23.5. The van der Waals surface area contributed by atoms with Gasteiger partial charge in [-0.2, -0.15) is 0 Å². The van der Waals surface area contributed by atoms with Crippen molar-refractivity contribution < 1.29 is 0 Å². The zero-order valence-electron chi connectivity index (χ0n) is 11.9. The fourth-order valence-corrected chi connectivity index (χ4v) is 3.75. The van der Waals surface area contributed by atoms with Gasteiger partial charge in [0.05, 0.1) is 0 Å². The van der Waals surface area contributed by atoms with E-state index in [1.807, 2.05) is 6.07 Å². The lowest BCUT2D eigenvalue weighted by molar-refractivity contribution is 1.74. The van der Waals surface area contributed by atoms with Gasteiger partial charge in [-0.3, -0.25) is 5.92 Å². The molecule has 0 heterocycles. The molecule has 0 aromatic heterocycles. The number of benzene rings is 5. The highest BCUT2D eigenvalue weighted by molar-refractivity contribution is 6.33. The molecule has 0 saturated carbocycles. The van der Waals surface area contributed by atoms with Crippen LogP contribution in [0.25, 0.3) is 43.1 Å². The van der Waals surface area contributed by atoms with Gasteiger partial charge in [0.1, 0.15) is 0 Å². The highest BCUT2D eigenvalue weighted by atomic mass is 14.2. The van der Waals surface area contributed by atoms with Gasteiger partial charge < -0.3 is 6.42 Å². The molecular weight excluding hydrogens is 264 g/mol. The van der Waals surface area contributed by atoms with Crippen molar-refractivity contribution in [2.45, 2.75) is 0 Å². The molecule has 0 nitrogen and oxygen atoms in total. The van der Waals surface area contributed by atoms with E-state index in [1.165, 1.54) is 37.7 Å². The highest BCUT2D eigenvalue weighted by Gasteiger charge is 2.11. The number of rotatable bonds is 0. The van der Waals surface area contributed by atoms with Crippen molar-refractivity contribution in [2.75, 3.05) is 0 Å². The van der Waals surface area contributed by atoms with E-state index in [2.05, 4.69) is 66.6 Å². The normalized spacial score (nSPS) is 11.6. The summed E-state index contributed by atoms with van der Waals surface area (Å²) in [4.78, 5) is 0. The quantitative estimate of drug-likeness (QED) is 0.148. The maximum Gasteiger partial charge on any atom is -0.00264 e. The summed E-state index contributed by atoms with van der Waals surface area (Å²) in [6.07, 6.45) is 7.55. The summed E-state index contributed by atoms with van der Waals surface area (Å²) in [6.45, 7) is 0. The minimum atomic E-state index is 0.854. The second-order valence-corrected chi connectivity index (χ2v) is 5.72. The molecule has 0 heteroatoms. The minimum Gasteiger partial charge on any atom is -0.366 e. The molecule has 0 amide bonds. The van der Waals surface area contributed by atoms with Crippen LogP contribution in [0, 0.1) is 12.3 Å². The van der Waals surface area contributed by atoms with Crippen molar-refractivity contribution >= 4 is 43.1 Å². The zero-order chi connectivity index (χ0) is 14.7. The predicted octanol–water partition coefficient (Wildman–Crippen LogP) is 5.68. The first kappa shape index (κ1) is 11.6. The van der Waals surface area contributed by atoms with E-state index >= 15 is 0 Å². The van der Waals surface area contributed by atoms with Crippen molar-refractivity contribution in [3.63, 3.8) is 0 Å². The topological polar surface area (TPSA) is 0 Å². The Morgan fingerprint density at radius 2 is 1.09 bits per heavy atom. The average molecular weight is 275 g/mol. The Kier molecular flexibility index (Phi) is 2.11. The van der Waals surface area contributed by atoms with E-state index < -0.39 is 0 Å². The Labute approximate surface area is 128 Å². The standard InChI is InChI=1S/C22H11/c1-2-14-12-13-20-18-10-4-7-15-6-3-9-17(21(15)18)19-11-5-8-16(14)22(19)20/h3-13H/q-1. The van der Waals surface area contributed by atoms with E-state index in [0.29, 0.717) is 0 Å². The first-order chi connectivity index (χ1) is 10.9. The summed E-state index contributed by atoms with van der Waals surface area (Å²) >= 11 is 0. The smallest absolute Gasteiger partial charge is 0.00264 e. The highest BCUT2D eigenvalue weighted by Crippen LogP contribution is 2.40. The largest absolute Gasteiger partial charge is 0.366 e. The maximum atomic E-state index is 7.55. The molecule has 0 aliphatic heterocycles. The van der Waals surface area contributed by atoms with E-state index in [-0.39, 0.29) is 0 Å². The van der Waals surface area contributed by atoms with Crippen LogP contribution >= 0.6 is 0 Å². The molecule has 0 radical (unpaired) electrons. The SMILES string of the molecule is [C-]#Cc1ccc2c3cccc4cccc(c5cccc1c52)c43. The van der Waals surface area contributed by atoms with Crippen molar-refractivity contribution in [3.05, 3.63) is 78.7 Å². The fraction of sp³-hybridized carbons (Fsp3) is 0. The molecule has 0 atom stereocenters. The van der Waals surface area contributed by atoms with Crippen molar-refractivity contribution in [1.82, 2.24) is 0 Å². The lowest BCUT2D eigenvalue weighted by Gasteiger charge is -2.17. The zero-order valence-corrected chi connectivity index (χ0v) is 11.9. The molecule has 22 heavy (non-hydrogen) atoms. The summed E-state index contributed by atoms with van der Waals surface area (Å²) < 4.78 is 0. The molecular formula is C22H11-. The number of hydrogen-bond donors (Lipinski definition) is 0. The molecule has 0 bridgehead atoms. The third-order valence-corrected chi connectivity index (χ3v) is 4.66. The Morgan fingerprint density at radius 3 is 1.77 bits per heavy atom. The van der Waals surface area contributed by atoms with Gasteiger partial charge in [0.15, 0.2) is 0 Å². The van der Waals surface area contributed by atoms with Crippen molar-refractivity contribution in [1.29, 1.82) is 0 Å². The lowest BCUT2D eigenvalue weighted by Crippen LogP contribution is -1.88. The molecule has 0 N–H and O–H groups in total.